The van der Waals surface area contributed by atoms with E-state index >= 15 is 0 Å². The topological polar surface area (TPSA) is 20.2 Å². The van der Waals surface area contributed by atoms with Crippen molar-refractivity contribution < 1.29 is 31.4 Å². The van der Waals surface area contributed by atoms with Crippen LogP contribution in [0.25, 0.3) is 0 Å². The summed E-state index contributed by atoms with van der Waals surface area (Å²) in [6.07, 6.45) is -12.8. The highest BCUT2D eigenvalue weighted by atomic mass is 19.4. The number of alkyl halides is 6. The molecule has 0 aliphatic carbocycles. The van der Waals surface area contributed by atoms with Crippen LogP contribution in [0.2, 0.25) is 0 Å². The van der Waals surface area contributed by atoms with Gasteiger partial charge in [0.25, 0.3) is 5.60 Å². The van der Waals surface area contributed by atoms with E-state index in [9.17, 15) is 26.3 Å². The van der Waals surface area contributed by atoms with Crippen LogP contribution in [0.1, 0.15) is 48.0 Å². The second kappa shape index (κ2) is 8.61. The van der Waals surface area contributed by atoms with E-state index in [0.717, 1.165) is 0 Å². The number of aliphatic hydroxyl groups is 1. The molecule has 0 saturated carbocycles. The lowest BCUT2D eigenvalue weighted by molar-refractivity contribution is -0.372. The minimum absolute atomic E-state index is 0.914. The van der Waals surface area contributed by atoms with Crippen molar-refractivity contribution in [2.45, 2.75) is 65.9 Å². The zero-order valence-corrected chi connectivity index (χ0v) is 11.5. The maximum atomic E-state index is 12.0. The summed E-state index contributed by atoms with van der Waals surface area (Å²) in [7, 11) is 0. The predicted molar refractivity (Wildman–Crippen MR) is 59.2 cm³/mol. The molecule has 0 saturated heterocycles. The molecule has 0 aromatic heterocycles. The number of hydrogen-bond donors (Lipinski definition) is 1. The van der Waals surface area contributed by atoms with Crippen molar-refractivity contribution in [3.8, 4) is 0 Å². The van der Waals surface area contributed by atoms with Crippen molar-refractivity contribution >= 4 is 0 Å². The third kappa shape index (κ3) is 6.47. The van der Waals surface area contributed by atoms with E-state index < -0.39 is 30.3 Å². The van der Waals surface area contributed by atoms with Gasteiger partial charge in [-0.15, -0.1) is 0 Å². The molecule has 0 aromatic carbocycles. The van der Waals surface area contributed by atoms with Gasteiger partial charge in [-0.25, -0.2) is 0 Å². The third-order valence-corrected chi connectivity index (χ3v) is 1.64. The fraction of sp³-hybridized carbons (Fsp3) is 1.00. The van der Waals surface area contributed by atoms with Crippen LogP contribution in [0, 0.1) is 5.92 Å². The van der Waals surface area contributed by atoms with Crippen LogP contribution >= 0.6 is 0 Å². The Hall–Kier alpha value is -0.460. The van der Waals surface area contributed by atoms with Crippen LogP contribution < -0.4 is 0 Å². The van der Waals surface area contributed by atoms with E-state index in [1.165, 1.54) is 13.8 Å². The zero-order valence-electron chi connectivity index (χ0n) is 11.5. The van der Waals surface area contributed by atoms with Crippen molar-refractivity contribution in [1.82, 2.24) is 0 Å². The van der Waals surface area contributed by atoms with Gasteiger partial charge < -0.3 is 5.11 Å². The predicted octanol–water partition coefficient (Wildman–Crippen LogP) is 4.94. The van der Waals surface area contributed by atoms with Crippen LogP contribution in [-0.4, -0.2) is 23.1 Å². The minimum atomic E-state index is -5.70. The van der Waals surface area contributed by atoms with Crippen molar-refractivity contribution in [3.63, 3.8) is 0 Å². The van der Waals surface area contributed by atoms with Crippen LogP contribution in [0.15, 0.2) is 0 Å². The molecule has 7 heteroatoms. The zero-order chi connectivity index (χ0) is 15.8. The van der Waals surface area contributed by atoms with Crippen LogP contribution in [0.5, 0.6) is 0 Å². The molecule has 1 N–H and O–H groups in total. The molecule has 0 aromatic rings. The maximum Gasteiger partial charge on any atom is 0.426 e. The molecular weight excluding hydrogens is 262 g/mol. The fourth-order valence-corrected chi connectivity index (χ4v) is 0.983. The second-order valence-electron chi connectivity index (χ2n) is 3.45. The molecule has 0 spiro atoms. The highest BCUT2D eigenvalue weighted by Crippen LogP contribution is 2.46. The number of halogens is 6. The molecule has 0 heterocycles. The summed E-state index contributed by atoms with van der Waals surface area (Å²) in [6.45, 7) is 10.3. The molecule has 0 rings (SSSR count). The van der Waals surface area contributed by atoms with E-state index in [-0.39, 0.29) is 0 Å². The first-order valence-electron chi connectivity index (χ1n) is 5.77. The molecule has 0 unspecified atom stereocenters. The van der Waals surface area contributed by atoms with Gasteiger partial charge in [0.05, 0.1) is 0 Å². The van der Waals surface area contributed by atoms with E-state index in [0.29, 0.717) is 0 Å². The monoisotopic (exact) mass is 284 g/mol. The van der Waals surface area contributed by atoms with Crippen molar-refractivity contribution in [1.29, 1.82) is 0 Å². The summed E-state index contributed by atoms with van der Waals surface area (Å²) in [5, 5.41) is 8.60. The van der Waals surface area contributed by atoms with Crippen LogP contribution in [0.4, 0.5) is 26.3 Å². The van der Waals surface area contributed by atoms with Crippen molar-refractivity contribution in [2.75, 3.05) is 0 Å². The molecular formula is C11H22F6O. The first-order chi connectivity index (χ1) is 7.92. The standard InChI is InChI=1S/C7H10F6O.2C2H6/c1-4(2)3-5(14,6(8,9)10)7(11,12)13;2*1-2/h4,14H,3H2,1-2H3;2*1-2H3. The van der Waals surface area contributed by atoms with E-state index in [4.69, 9.17) is 5.11 Å². The summed E-state index contributed by atoms with van der Waals surface area (Å²) >= 11 is 0. The molecule has 0 bridgehead atoms. The Morgan fingerprint density at radius 3 is 1.06 bits per heavy atom. The molecule has 114 valence electrons. The Morgan fingerprint density at radius 1 is 0.778 bits per heavy atom. The van der Waals surface area contributed by atoms with E-state index in [2.05, 4.69) is 0 Å². The van der Waals surface area contributed by atoms with Gasteiger partial charge >= 0.3 is 12.4 Å². The molecule has 0 aliphatic heterocycles. The van der Waals surface area contributed by atoms with Gasteiger partial charge in [-0.3, -0.25) is 0 Å². The molecule has 18 heavy (non-hydrogen) atoms. The van der Waals surface area contributed by atoms with Gasteiger partial charge in [0.2, 0.25) is 0 Å². The summed E-state index contributed by atoms with van der Waals surface area (Å²) < 4.78 is 71.9. The molecule has 0 radical (unpaired) electrons. The summed E-state index contributed by atoms with van der Waals surface area (Å²) in [5.74, 6) is -0.914. The molecule has 0 aliphatic rings. The highest BCUT2D eigenvalue weighted by molar-refractivity contribution is 4.94. The SMILES string of the molecule is CC.CC.CC(C)CC(O)(C(F)(F)F)C(F)(F)F. The quantitative estimate of drug-likeness (QED) is 0.712. The van der Waals surface area contributed by atoms with Gasteiger partial charge in [-0.2, -0.15) is 26.3 Å². The second-order valence-corrected chi connectivity index (χ2v) is 3.45. The van der Waals surface area contributed by atoms with Crippen molar-refractivity contribution in [3.05, 3.63) is 0 Å². The molecule has 1 nitrogen and oxygen atoms in total. The Bertz CT molecular complexity index is 181. The minimum Gasteiger partial charge on any atom is -0.374 e. The lowest BCUT2D eigenvalue weighted by Crippen LogP contribution is -2.57. The summed E-state index contributed by atoms with van der Waals surface area (Å²) in [5.41, 5.74) is -4.60. The average Bonchev–Trinajstić information content (AvgIpc) is 2.19. The molecule has 0 atom stereocenters. The Kier molecular flexibility index (Phi) is 10.9. The Labute approximate surface area is 104 Å². The smallest absolute Gasteiger partial charge is 0.374 e. The summed E-state index contributed by atoms with van der Waals surface area (Å²) in [6, 6.07) is 0. The molecule has 0 amide bonds. The van der Waals surface area contributed by atoms with Gasteiger partial charge in [-0.05, 0) is 12.3 Å². The Morgan fingerprint density at radius 2 is 1.00 bits per heavy atom. The van der Waals surface area contributed by atoms with Crippen molar-refractivity contribution in [2.24, 2.45) is 5.92 Å². The van der Waals surface area contributed by atoms with E-state index in [1.54, 1.807) is 0 Å². The first kappa shape index (κ1) is 22.7. The normalized spacial score (nSPS) is 12.3. The van der Waals surface area contributed by atoms with Gasteiger partial charge in [-0.1, -0.05) is 41.5 Å². The van der Waals surface area contributed by atoms with Crippen LogP contribution in [0.3, 0.4) is 0 Å². The third-order valence-electron chi connectivity index (χ3n) is 1.64. The molecule has 0 fully saturated rings. The van der Waals surface area contributed by atoms with Gasteiger partial charge in [0, 0.05) is 0 Å². The highest BCUT2D eigenvalue weighted by Gasteiger charge is 2.69. The fourth-order valence-electron chi connectivity index (χ4n) is 0.983. The Balaban J connectivity index is -0.000000506. The van der Waals surface area contributed by atoms with Gasteiger partial charge in [0.1, 0.15) is 0 Å². The average molecular weight is 284 g/mol. The van der Waals surface area contributed by atoms with Crippen LogP contribution in [-0.2, 0) is 0 Å². The number of hydrogen-bond acceptors (Lipinski definition) is 1. The number of rotatable bonds is 2. The first-order valence-corrected chi connectivity index (χ1v) is 5.77. The summed E-state index contributed by atoms with van der Waals surface area (Å²) in [4.78, 5) is 0. The maximum absolute atomic E-state index is 12.0. The van der Waals surface area contributed by atoms with Gasteiger partial charge in [0.15, 0.2) is 0 Å². The largest absolute Gasteiger partial charge is 0.426 e. The lowest BCUT2D eigenvalue weighted by atomic mass is 9.91. The lowest BCUT2D eigenvalue weighted by Gasteiger charge is -2.33. The van der Waals surface area contributed by atoms with E-state index in [1.807, 2.05) is 27.7 Å².